The Kier molecular flexibility index (Phi) is 6.50. The van der Waals surface area contributed by atoms with E-state index in [2.05, 4.69) is 14.8 Å². The maximum atomic E-state index is 13.6. The number of hydrogen-bond donors (Lipinski definition) is 2. The van der Waals surface area contributed by atoms with Gasteiger partial charge in [0.2, 0.25) is 10.0 Å². The Morgan fingerprint density at radius 3 is 2.60 bits per heavy atom. The molecule has 0 bridgehead atoms. The first-order valence-electron chi connectivity index (χ1n) is 7.91. The monoisotopic (exact) mass is 374 g/mol. The lowest BCUT2D eigenvalue weighted by molar-refractivity contribution is 0.0576. The maximum absolute atomic E-state index is 13.6. The van der Waals surface area contributed by atoms with Gasteiger partial charge in [0, 0.05) is 19.1 Å². The second kappa shape index (κ2) is 8.22. The number of rotatable bonds is 7. The highest BCUT2D eigenvalue weighted by Crippen LogP contribution is 2.29. The van der Waals surface area contributed by atoms with Crippen LogP contribution in [-0.4, -0.2) is 54.8 Å². The van der Waals surface area contributed by atoms with Crippen molar-refractivity contribution in [1.82, 2.24) is 10.0 Å². The minimum absolute atomic E-state index is 0.141. The molecule has 0 aliphatic carbocycles. The standard InChI is InChI=1S/C16H23FN2O5S/c1-23-11-16(5-7-18-8-6-16)10-19-25(21,22)14-9-12(17)3-4-13(14)15(20)24-2/h3-4,9,18-19H,5-8,10-11H2,1-2H3. The summed E-state index contributed by atoms with van der Waals surface area (Å²) in [5.41, 5.74) is -0.547. The SMILES string of the molecule is COCC1(CNS(=O)(=O)c2cc(F)ccc2C(=O)OC)CCNCC1. The lowest BCUT2D eigenvalue weighted by Gasteiger charge is -2.37. The third-order valence-corrected chi connectivity index (χ3v) is 5.83. The van der Waals surface area contributed by atoms with Gasteiger partial charge in [-0.05, 0) is 44.1 Å². The van der Waals surface area contributed by atoms with E-state index in [9.17, 15) is 17.6 Å². The number of benzene rings is 1. The lowest BCUT2D eigenvalue weighted by atomic mass is 9.80. The fourth-order valence-corrected chi connectivity index (χ4v) is 4.32. The Hall–Kier alpha value is -1.55. The third-order valence-electron chi connectivity index (χ3n) is 4.39. The van der Waals surface area contributed by atoms with Crippen LogP contribution in [0.4, 0.5) is 4.39 Å². The average molecular weight is 374 g/mol. The molecule has 140 valence electrons. The number of nitrogens with one attached hydrogen (secondary N) is 2. The van der Waals surface area contributed by atoms with Gasteiger partial charge in [0.15, 0.2) is 0 Å². The Labute approximate surface area is 146 Å². The van der Waals surface area contributed by atoms with Crippen LogP contribution in [0, 0.1) is 11.2 Å². The molecule has 0 saturated carbocycles. The summed E-state index contributed by atoms with van der Waals surface area (Å²) in [7, 11) is -1.38. The molecule has 0 aromatic heterocycles. The molecule has 9 heteroatoms. The van der Waals surface area contributed by atoms with Crippen molar-refractivity contribution in [2.45, 2.75) is 17.7 Å². The van der Waals surface area contributed by atoms with Gasteiger partial charge >= 0.3 is 5.97 Å². The van der Waals surface area contributed by atoms with Gasteiger partial charge in [-0.25, -0.2) is 22.3 Å². The number of halogens is 1. The highest BCUT2D eigenvalue weighted by Gasteiger charge is 2.34. The van der Waals surface area contributed by atoms with Crippen molar-refractivity contribution in [3.8, 4) is 0 Å². The van der Waals surface area contributed by atoms with Crippen LogP contribution in [0.5, 0.6) is 0 Å². The minimum atomic E-state index is -4.09. The molecular weight excluding hydrogens is 351 g/mol. The van der Waals surface area contributed by atoms with E-state index < -0.39 is 26.7 Å². The van der Waals surface area contributed by atoms with Gasteiger partial charge in [-0.2, -0.15) is 0 Å². The average Bonchev–Trinajstić information content (AvgIpc) is 2.60. The molecule has 2 N–H and O–H groups in total. The van der Waals surface area contributed by atoms with Gasteiger partial charge in [0.25, 0.3) is 0 Å². The van der Waals surface area contributed by atoms with Crippen LogP contribution in [0.15, 0.2) is 23.1 Å². The van der Waals surface area contributed by atoms with Crippen molar-refractivity contribution in [1.29, 1.82) is 0 Å². The summed E-state index contributed by atoms with van der Waals surface area (Å²) in [5.74, 6) is -1.59. The first-order chi connectivity index (χ1) is 11.8. The second-order valence-corrected chi connectivity index (χ2v) is 7.88. The van der Waals surface area contributed by atoms with E-state index in [1.807, 2.05) is 0 Å². The zero-order chi connectivity index (χ0) is 18.5. The van der Waals surface area contributed by atoms with Gasteiger partial charge in [-0.1, -0.05) is 0 Å². The second-order valence-electron chi connectivity index (χ2n) is 6.14. The van der Waals surface area contributed by atoms with Crippen LogP contribution >= 0.6 is 0 Å². The van der Waals surface area contributed by atoms with Crippen molar-refractivity contribution in [2.24, 2.45) is 5.41 Å². The molecule has 0 spiro atoms. The number of piperidine rings is 1. The molecule has 1 fully saturated rings. The zero-order valence-corrected chi connectivity index (χ0v) is 15.1. The molecule has 1 aromatic carbocycles. The fourth-order valence-electron chi connectivity index (χ4n) is 2.96. The molecule has 1 heterocycles. The molecule has 0 atom stereocenters. The van der Waals surface area contributed by atoms with Crippen molar-refractivity contribution in [2.75, 3.05) is 40.5 Å². The summed E-state index contributed by atoms with van der Waals surface area (Å²) in [6.45, 7) is 2.07. The molecule has 0 amide bonds. The molecule has 1 aromatic rings. The molecule has 25 heavy (non-hydrogen) atoms. The number of carbonyl (C=O) groups excluding carboxylic acids is 1. The number of ether oxygens (including phenoxy) is 2. The van der Waals surface area contributed by atoms with Crippen LogP contribution in [0.25, 0.3) is 0 Å². The predicted molar refractivity (Wildman–Crippen MR) is 89.3 cm³/mol. The molecule has 1 saturated heterocycles. The Morgan fingerprint density at radius 1 is 1.32 bits per heavy atom. The van der Waals surface area contributed by atoms with Gasteiger partial charge in [-0.15, -0.1) is 0 Å². The highest BCUT2D eigenvalue weighted by atomic mass is 32.2. The molecule has 1 aliphatic heterocycles. The topological polar surface area (TPSA) is 93.7 Å². The molecule has 0 unspecified atom stereocenters. The molecular formula is C16H23FN2O5S. The van der Waals surface area contributed by atoms with Crippen LogP contribution in [0.3, 0.4) is 0 Å². The maximum Gasteiger partial charge on any atom is 0.339 e. The van der Waals surface area contributed by atoms with E-state index in [4.69, 9.17) is 4.74 Å². The van der Waals surface area contributed by atoms with E-state index in [-0.39, 0.29) is 17.5 Å². The Morgan fingerprint density at radius 2 is 2.00 bits per heavy atom. The summed E-state index contributed by atoms with van der Waals surface area (Å²) < 4.78 is 51.3. The Balaban J connectivity index is 2.27. The van der Waals surface area contributed by atoms with Crippen molar-refractivity contribution in [3.05, 3.63) is 29.6 Å². The number of hydrogen-bond acceptors (Lipinski definition) is 6. The molecule has 7 nitrogen and oxygen atoms in total. The van der Waals surface area contributed by atoms with Gasteiger partial charge in [-0.3, -0.25) is 0 Å². The van der Waals surface area contributed by atoms with Crippen LogP contribution in [0.2, 0.25) is 0 Å². The molecule has 0 radical (unpaired) electrons. The smallest absolute Gasteiger partial charge is 0.339 e. The van der Waals surface area contributed by atoms with E-state index in [0.717, 1.165) is 51.2 Å². The van der Waals surface area contributed by atoms with Gasteiger partial charge in [0.1, 0.15) is 5.82 Å². The minimum Gasteiger partial charge on any atom is -0.465 e. The number of sulfonamides is 1. The van der Waals surface area contributed by atoms with Crippen molar-refractivity contribution >= 4 is 16.0 Å². The third kappa shape index (κ3) is 4.75. The first kappa shape index (κ1) is 19.8. The van der Waals surface area contributed by atoms with E-state index >= 15 is 0 Å². The summed E-state index contributed by atoms with van der Waals surface area (Å²) in [4.78, 5) is 11.4. The first-order valence-corrected chi connectivity index (χ1v) is 9.39. The Bertz CT molecular complexity index is 712. The number of methoxy groups -OCH3 is 2. The van der Waals surface area contributed by atoms with Crippen LogP contribution in [-0.2, 0) is 19.5 Å². The summed E-state index contributed by atoms with van der Waals surface area (Å²) in [6.07, 6.45) is 1.49. The van der Waals surface area contributed by atoms with E-state index in [0.29, 0.717) is 6.61 Å². The zero-order valence-electron chi connectivity index (χ0n) is 14.3. The molecule has 2 rings (SSSR count). The quantitative estimate of drug-likeness (QED) is 0.689. The normalized spacial score (nSPS) is 17.2. The predicted octanol–water partition coefficient (Wildman–Crippen LogP) is 0.907. The van der Waals surface area contributed by atoms with E-state index in [1.165, 1.54) is 0 Å². The lowest BCUT2D eigenvalue weighted by Crippen LogP contribution is -2.47. The van der Waals surface area contributed by atoms with Crippen molar-refractivity contribution < 1.29 is 27.1 Å². The van der Waals surface area contributed by atoms with Gasteiger partial charge < -0.3 is 14.8 Å². The fraction of sp³-hybridized carbons (Fsp3) is 0.562. The number of carbonyl (C=O) groups is 1. The number of esters is 1. The van der Waals surface area contributed by atoms with Crippen LogP contribution < -0.4 is 10.0 Å². The van der Waals surface area contributed by atoms with Gasteiger partial charge in [0.05, 0.1) is 24.2 Å². The summed E-state index contributed by atoms with van der Waals surface area (Å²) in [5, 5.41) is 3.22. The highest BCUT2D eigenvalue weighted by molar-refractivity contribution is 7.89. The van der Waals surface area contributed by atoms with E-state index in [1.54, 1.807) is 7.11 Å². The largest absolute Gasteiger partial charge is 0.465 e. The summed E-state index contributed by atoms with van der Waals surface area (Å²) in [6, 6.07) is 2.94. The summed E-state index contributed by atoms with van der Waals surface area (Å²) >= 11 is 0. The molecule has 1 aliphatic rings. The van der Waals surface area contributed by atoms with Crippen LogP contribution in [0.1, 0.15) is 23.2 Å². The van der Waals surface area contributed by atoms with Crippen molar-refractivity contribution in [3.63, 3.8) is 0 Å².